The van der Waals surface area contributed by atoms with Crippen molar-refractivity contribution in [3.8, 4) is 6.07 Å². The Labute approximate surface area is 125 Å². The summed E-state index contributed by atoms with van der Waals surface area (Å²) in [5, 5.41) is 10.2. The van der Waals surface area contributed by atoms with Gasteiger partial charge in [0.2, 0.25) is 5.91 Å². The molecule has 0 bridgehead atoms. The molecule has 0 spiro atoms. The van der Waals surface area contributed by atoms with Gasteiger partial charge < -0.3 is 5.73 Å². The number of nitrogens with two attached hydrogens (primary N) is 1. The van der Waals surface area contributed by atoms with Gasteiger partial charge in [0.15, 0.2) is 5.65 Å². The molecule has 104 valence electrons. The van der Waals surface area contributed by atoms with E-state index in [4.69, 9.17) is 5.73 Å². The number of imidazole rings is 1. The first-order chi connectivity index (χ1) is 10.1. The molecule has 3 rings (SSSR count). The first-order valence-corrected chi connectivity index (χ1v) is 7.32. The van der Waals surface area contributed by atoms with Crippen molar-refractivity contribution in [2.45, 2.75) is 11.9 Å². The summed E-state index contributed by atoms with van der Waals surface area (Å²) in [6, 6.07) is 11.8. The number of carbonyl (C=O) groups excluding carboxylic acids is 1. The number of nitrogens with zero attached hydrogens (tertiary/aromatic N) is 3. The van der Waals surface area contributed by atoms with Gasteiger partial charge in [-0.2, -0.15) is 5.26 Å². The van der Waals surface area contributed by atoms with Crippen molar-refractivity contribution < 1.29 is 4.79 Å². The summed E-state index contributed by atoms with van der Waals surface area (Å²) in [5.41, 5.74) is 8.97. The van der Waals surface area contributed by atoms with E-state index in [2.05, 4.69) is 11.1 Å². The predicted octanol–water partition coefficient (Wildman–Crippen LogP) is 2.25. The van der Waals surface area contributed by atoms with Gasteiger partial charge >= 0.3 is 0 Å². The average Bonchev–Trinajstić information content (AvgIpc) is 2.84. The maximum absolute atomic E-state index is 11.0. The van der Waals surface area contributed by atoms with E-state index < -0.39 is 0 Å². The van der Waals surface area contributed by atoms with Crippen molar-refractivity contribution in [2.75, 3.05) is 5.75 Å². The fraction of sp³-hybridized carbons (Fsp3) is 0.133. The zero-order valence-electron chi connectivity index (χ0n) is 11.3. The number of fused-ring (bicyclic) bond motifs is 3. The normalized spacial score (nSPS) is 10.9. The van der Waals surface area contributed by atoms with Gasteiger partial charge in [-0.05, 0) is 30.7 Å². The lowest BCUT2D eigenvalue weighted by molar-refractivity contribution is -0.115. The van der Waals surface area contributed by atoms with Crippen molar-refractivity contribution in [3.05, 3.63) is 41.5 Å². The summed E-state index contributed by atoms with van der Waals surface area (Å²) in [4.78, 5) is 15.6. The molecule has 0 fully saturated rings. The van der Waals surface area contributed by atoms with Gasteiger partial charge in [0.1, 0.15) is 6.07 Å². The first kappa shape index (κ1) is 13.5. The van der Waals surface area contributed by atoms with E-state index in [1.165, 1.54) is 11.8 Å². The number of aryl methyl sites for hydroxylation is 1. The summed E-state index contributed by atoms with van der Waals surface area (Å²) in [7, 11) is 0. The summed E-state index contributed by atoms with van der Waals surface area (Å²) in [5.74, 6) is -0.188. The van der Waals surface area contributed by atoms with Gasteiger partial charge in [-0.1, -0.05) is 23.9 Å². The fourth-order valence-electron chi connectivity index (χ4n) is 2.30. The lowest BCUT2D eigenvalue weighted by Crippen LogP contribution is -2.13. The van der Waals surface area contributed by atoms with E-state index in [0.717, 1.165) is 21.6 Å². The van der Waals surface area contributed by atoms with Crippen molar-refractivity contribution in [1.29, 1.82) is 5.26 Å². The molecule has 6 heteroatoms. The van der Waals surface area contributed by atoms with Gasteiger partial charge in [-0.15, -0.1) is 0 Å². The van der Waals surface area contributed by atoms with E-state index in [-0.39, 0.29) is 11.7 Å². The van der Waals surface area contributed by atoms with Gasteiger partial charge in [0.25, 0.3) is 0 Å². The third-order valence-corrected chi connectivity index (χ3v) is 4.24. The van der Waals surface area contributed by atoms with Crippen molar-refractivity contribution in [2.24, 2.45) is 5.73 Å². The number of hydrogen-bond acceptors (Lipinski definition) is 4. The highest BCUT2D eigenvalue weighted by atomic mass is 32.2. The standard InChI is InChI=1S/C15H12N4OS/c1-9-6-14(21-8-13(17)20)19-12-5-3-2-4-11(12)18-15(19)10(9)7-16/h2-6H,8H2,1H3,(H2,17,20). The maximum Gasteiger partial charge on any atom is 0.227 e. The van der Waals surface area contributed by atoms with Crippen LogP contribution in [0.15, 0.2) is 35.4 Å². The Hall–Kier alpha value is -2.52. The first-order valence-electron chi connectivity index (χ1n) is 6.34. The topological polar surface area (TPSA) is 84.2 Å². The Kier molecular flexibility index (Phi) is 3.28. The van der Waals surface area contributed by atoms with Crippen LogP contribution in [0.5, 0.6) is 0 Å². The molecule has 0 radical (unpaired) electrons. The Bertz CT molecular complexity index is 907. The number of carbonyl (C=O) groups is 1. The fourth-order valence-corrected chi connectivity index (χ4v) is 3.17. The number of amides is 1. The van der Waals surface area contributed by atoms with Gasteiger partial charge in [-0.3, -0.25) is 9.20 Å². The van der Waals surface area contributed by atoms with Crippen LogP contribution in [0.2, 0.25) is 0 Å². The number of primary amides is 1. The molecule has 1 aromatic carbocycles. The summed E-state index contributed by atoms with van der Waals surface area (Å²) < 4.78 is 1.91. The van der Waals surface area contributed by atoms with Crippen LogP contribution in [0, 0.1) is 18.3 Å². The number of benzene rings is 1. The minimum atomic E-state index is -0.375. The highest BCUT2D eigenvalue weighted by molar-refractivity contribution is 7.99. The SMILES string of the molecule is Cc1cc(SCC(N)=O)n2c(nc3ccccc32)c1C#N. The van der Waals surface area contributed by atoms with Crippen molar-refractivity contribution >= 4 is 34.3 Å². The predicted molar refractivity (Wildman–Crippen MR) is 82.1 cm³/mol. The van der Waals surface area contributed by atoms with Gasteiger partial charge in [0, 0.05) is 0 Å². The quantitative estimate of drug-likeness (QED) is 0.751. The highest BCUT2D eigenvalue weighted by Gasteiger charge is 2.15. The minimum Gasteiger partial charge on any atom is -0.369 e. The number of nitriles is 1. The van der Waals surface area contributed by atoms with E-state index >= 15 is 0 Å². The Balaban J connectivity index is 2.36. The zero-order chi connectivity index (χ0) is 15.0. The monoisotopic (exact) mass is 296 g/mol. The van der Waals surface area contributed by atoms with Gasteiger partial charge in [0.05, 0.1) is 27.4 Å². The smallest absolute Gasteiger partial charge is 0.227 e. The molecular formula is C15H12N4OS. The molecule has 0 atom stereocenters. The number of rotatable bonds is 3. The molecule has 0 saturated carbocycles. The third kappa shape index (κ3) is 2.22. The van der Waals surface area contributed by atoms with Crippen LogP contribution in [-0.2, 0) is 4.79 Å². The number of aromatic nitrogens is 2. The Morgan fingerprint density at radius 3 is 2.95 bits per heavy atom. The number of thioether (sulfide) groups is 1. The number of para-hydroxylation sites is 2. The summed E-state index contributed by atoms with van der Waals surface area (Å²) >= 11 is 1.35. The summed E-state index contributed by atoms with van der Waals surface area (Å²) in [6.07, 6.45) is 0. The average molecular weight is 296 g/mol. The number of hydrogen-bond donors (Lipinski definition) is 1. The van der Waals surface area contributed by atoms with Crippen LogP contribution >= 0.6 is 11.8 Å². The van der Waals surface area contributed by atoms with Crippen LogP contribution in [0.1, 0.15) is 11.1 Å². The van der Waals surface area contributed by atoms with E-state index in [9.17, 15) is 10.1 Å². The third-order valence-electron chi connectivity index (χ3n) is 3.21. The Morgan fingerprint density at radius 2 is 2.24 bits per heavy atom. The van der Waals surface area contributed by atoms with Crippen LogP contribution in [0.25, 0.3) is 16.7 Å². The van der Waals surface area contributed by atoms with E-state index in [0.29, 0.717) is 11.2 Å². The Morgan fingerprint density at radius 1 is 1.48 bits per heavy atom. The van der Waals surface area contributed by atoms with E-state index in [1.54, 1.807) is 0 Å². The maximum atomic E-state index is 11.0. The van der Waals surface area contributed by atoms with Crippen molar-refractivity contribution in [3.63, 3.8) is 0 Å². The van der Waals surface area contributed by atoms with Crippen LogP contribution in [-0.4, -0.2) is 21.0 Å². The summed E-state index contributed by atoms with van der Waals surface area (Å²) in [6.45, 7) is 1.87. The zero-order valence-corrected chi connectivity index (χ0v) is 12.1. The molecule has 0 saturated heterocycles. The second-order valence-electron chi connectivity index (χ2n) is 4.67. The molecule has 0 aliphatic carbocycles. The molecule has 2 N–H and O–H groups in total. The van der Waals surface area contributed by atoms with Crippen LogP contribution in [0.4, 0.5) is 0 Å². The molecule has 0 unspecified atom stereocenters. The van der Waals surface area contributed by atoms with Crippen LogP contribution in [0.3, 0.4) is 0 Å². The van der Waals surface area contributed by atoms with E-state index in [1.807, 2.05) is 41.7 Å². The molecule has 1 amide bonds. The molecule has 2 aromatic heterocycles. The second kappa shape index (κ2) is 5.11. The van der Waals surface area contributed by atoms with Crippen molar-refractivity contribution in [1.82, 2.24) is 9.38 Å². The van der Waals surface area contributed by atoms with Gasteiger partial charge in [-0.25, -0.2) is 4.98 Å². The number of pyridine rings is 1. The molecule has 0 aliphatic rings. The molecule has 21 heavy (non-hydrogen) atoms. The lowest BCUT2D eigenvalue weighted by atomic mass is 10.2. The minimum absolute atomic E-state index is 0.187. The van der Waals surface area contributed by atoms with Crippen LogP contribution < -0.4 is 5.73 Å². The molecule has 3 aromatic rings. The second-order valence-corrected chi connectivity index (χ2v) is 5.66. The lowest BCUT2D eigenvalue weighted by Gasteiger charge is -2.08. The molecule has 5 nitrogen and oxygen atoms in total. The molecule has 2 heterocycles. The largest absolute Gasteiger partial charge is 0.369 e. The highest BCUT2D eigenvalue weighted by Crippen LogP contribution is 2.29. The molecular weight excluding hydrogens is 284 g/mol. The molecule has 0 aliphatic heterocycles.